The van der Waals surface area contributed by atoms with E-state index in [-0.39, 0.29) is 5.91 Å². The lowest BCUT2D eigenvalue weighted by atomic mass is 10.1. The highest BCUT2D eigenvalue weighted by Crippen LogP contribution is 2.13. The van der Waals surface area contributed by atoms with Crippen LogP contribution in [0.25, 0.3) is 0 Å². The number of carbonyl (C=O) groups excluding carboxylic acids is 1. The highest BCUT2D eigenvalue weighted by molar-refractivity contribution is 5.78. The summed E-state index contributed by atoms with van der Waals surface area (Å²) in [5.74, 6) is 2.24. The monoisotopic (exact) mass is 355 g/mol. The molecular weight excluding hydrogens is 330 g/mol. The van der Waals surface area contributed by atoms with Crippen molar-refractivity contribution in [3.05, 3.63) is 47.5 Å². The molecular formula is C19H25N5O2. The number of ether oxygens (including phenoxy) is 1. The largest absolute Gasteiger partial charge is 0.378 e. The number of carbonyl (C=O) groups is 1. The Morgan fingerprint density at radius 3 is 2.62 bits per heavy atom. The molecule has 1 aromatic heterocycles. The lowest BCUT2D eigenvalue weighted by molar-refractivity contribution is -0.136. The molecule has 0 N–H and O–H groups in total. The van der Waals surface area contributed by atoms with Crippen LogP contribution in [0.4, 0.5) is 0 Å². The summed E-state index contributed by atoms with van der Waals surface area (Å²) >= 11 is 0. The lowest BCUT2D eigenvalue weighted by Gasteiger charge is -2.29. The molecule has 138 valence electrons. The Bertz CT molecular complexity index is 740. The molecule has 1 amide bonds. The van der Waals surface area contributed by atoms with Crippen LogP contribution >= 0.6 is 0 Å². The van der Waals surface area contributed by atoms with Crippen molar-refractivity contribution in [2.24, 2.45) is 0 Å². The van der Waals surface area contributed by atoms with Crippen molar-refractivity contribution in [3.8, 4) is 0 Å². The predicted molar refractivity (Wildman–Crippen MR) is 96.8 cm³/mol. The predicted octanol–water partition coefficient (Wildman–Crippen LogP) is 0.586. The first kappa shape index (κ1) is 17.2. The Kier molecular flexibility index (Phi) is 5.26. The fraction of sp³-hybridized carbons (Fsp3) is 0.526. The van der Waals surface area contributed by atoms with Gasteiger partial charge in [-0.25, -0.2) is 0 Å². The van der Waals surface area contributed by atoms with Gasteiger partial charge in [-0.2, -0.15) is 0 Å². The second-order valence-electron chi connectivity index (χ2n) is 6.87. The van der Waals surface area contributed by atoms with E-state index in [1.54, 1.807) is 0 Å². The van der Waals surface area contributed by atoms with Gasteiger partial charge in [0.1, 0.15) is 11.6 Å². The van der Waals surface area contributed by atoms with E-state index in [1.165, 1.54) is 5.56 Å². The van der Waals surface area contributed by atoms with Gasteiger partial charge in [0.25, 0.3) is 0 Å². The highest BCUT2D eigenvalue weighted by atomic mass is 16.5. The molecule has 7 nitrogen and oxygen atoms in total. The van der Waals surface area contributed by atoms with E-state index >= 15 is 0 Å². The van der Waals surface area contributed by atoms with Crippen molar-refractivity contribution < 1.29 is 9.53 Å². The molecule has 0 aliphatic carbocycles. The van der Waals surface area contributed by atoms with Gasteiger partial charge in [0.05, 0.1) is 19.8 Å². The third-order valence-corrected chi connectivity index (χ3v) is 5.12. The fourth-order valence-electron chi connectivity index (χ4n) is 3.60. The topological polar surface area (TPSA) is 63.5 Å². The second-order valence-corrected chi connectivity index (χ2v) is 6.87. The van der Waals surface area contributed by atoms with Gasteiger partial charge in [-0.05, 0) is 5.56 Å². The van der Waals surface area contributed by atoms with E-state index in [2.05, 4.69) is 31.8 Å². The van der Waals surface area contributed by atoms with E-state index < -0.39 is 0 Å². The van der Waals surface area contributed by atoms with E-state index in [0.29, 0.717) is 32.8 Å². The van der Waals surface area contributed by atoms with Gasteiger partial charge < -0.3 is 14.2 Å². The first-order valence-corrected chi connectivity index (χ1v) is 9.32. The van der Waals surface area contributed by atoms with Gasteiger partial charge >= 0.3 is 0 Å². The van der Waals surface area contributed by atoms with Crippen LogP contribution in [-0.4, -0.2) is 76.4 Å². The van der Waals surface area contributed by atoms with E-state index in [9.17, 15) is 4.79 Å². The van der Waals surface area contributed by atoms with Gasteiger partial charge in [0, 0.05) is 45.6 Å². The molecule has 0 unspecified atom stereocenters. The third kappa shape index (κ3) is 3.94. The van der Waals surface area contributed by atoms with Crippen molar-refractivity contribution in [3.63, 3.8) is 0 Å². The summed E-state index contributed by atoms with van der Waals surface area (Å²) in [6.07, 6.45) is 1.62. The molecule has 0 saturated carbocycles. The SMILES string of the molecule is O=C(CN1CCc2nnc(Cc3ccccc3)n2CC1)N1CCOCC1. The summed E-state index contributed by atoms with van der Waals surface area (Å²) < 4.78 is 7.56. The van der Waals surface area contributed by atoms with E-state index in [4.69, 9.17) is 4.74 Å². The van der Waals surface area contributed by atoms with Crippen LogP contribution in [-0.2, 0) is 28.9 Å². The summed E-state index contributed by atoms with van der Waals surface area (Å²) in [5, 5.41) is 8.79. The van der Waals surface area contributed by atoms with Crippen LogP contribution in [0.1, 0.15) is 17.2 Å². The minimum Gasteiger partial charge on any atom is -0.378 e. The zero-order valence-corrected chi connectivity index (χ0v) is 15.0. The molecule has 1 saturated heterocycles. The first-order valence-electron chi connectivity index (χ1n) is 9.32. The van der Waals surface area contributed by atoms with Crippen LogP contribution in [0.3, 0.4) is 0 Å². The molecule has 0 spiro atoms. The molecule has 2 aliphatic heterocycles. The summed E-state index contributed by atoms with van der Waals surface area (Å²) in [6, 6.07) is 10.4. The molecule has 4 rings (SSSR count). The Labute approximate surface area is 153 Å². The van der Waals surface area contributed by atoms with Gasteiger partial charge in [-0.1, -0.05) is 30.3 Å². The number of benzene rings is 1. The highest BCUT2D eigenvalue weighted by Gasteiger charge is 2.23. The third-order valence-electron chi connectivity index (χ3n) is 5.12. The summed E-state index contributed by atoms with van der Waals surface area (Å²) in [5.41, 5.74) is 1.24. The van der Waals surface area contributed by atoms with Crippen molar-refractivity contribution in [1.29, 1.82) is 0 Å². The molecule has 7 heteroatoms. The molecule has 26 heavy (non-hydrogen) atoms. The number of hydrogen-bond donors (Lipinski definition) is 0. The summed E-state index contributed by atoms with van der Waals surface area (Å²) in [4.78, 5) is 16.6. The Morgan fingerprint density at radius 2 is 1.81 bits per heavy atom. The molecule has 1 aromatic carbocycles. The van der Waals surface area contributed by atoms with Gasteiger partial charge in [0.15, 0.2) is 0 Å². The van der Waals surface area contributed by atoms with Crippen LogP contribution in [0.2, 0.25) is 0 Å². The normalized spacial score (nSPS) is 18.4. The molecule has 3 heterocycles. The van der Waals surface area contributed by atoms with Crippen LogP contribution in [0, 0.1) is 0 Å². The zero-order valence-electron chi connectivity index (χ0n) is 15.0. The molecule has 2 aromatic rings. The average Bonchev–Trinajstić information content (AvgIpc) is 2.95. The molecule has 1 fully saturated rings. The van der Waals surface area contributed by atoms with Crippen molar-refractivity contribution >= 4 is 5.91 Å². The average molecular weight is 355 g/mol. The number of morpholine rings is 1. The van der Waals surface area contributed by atoms with Crippen molar-refractivity contribution in [2.75, 3.05) is 45.9 Å². The maximum Gasteiger partial charge on any atom is 0.236 e. The standard InChI is InChI=1S/C19H25N5O2/c25-19(23-10-12-26-13-11-23)15-22-7-6-17-20-21-18(24(17)9-8-22)14-16-4-2-1-3-5-16/h1-5H,6-15H2. The molecule has 0 atom stereocenters. The van der Waals surface area contributed by atoms with Crippen molar-refractivity contribution in [2.45, 2.75) is 19.4 Å². The first-order chi connectivity index (χ1) is 12.8. The van der Waals surface area contributed by atoms with E-state index in [1.807, 2.05) is 23.1 Å². The fourth-order valence-corrected chi connectivity index (χ4v) is 3.60. The van der Waals surface area contributed by atoms with Crippen LogP contribution in [0.15, 0.2) is 30.3 Å². The maximum atomic E-state index is 12.5. The lowest BCUT2D eigenvalue weighted by Crippen LogP contribution is -2.46. The minimum absolute atomic E-state index is 0.204. The number of hydrogen-bond acceptors (Lipinski definition) is 5. The second kappa shape index (κ2) is 7.97. The van der Waals surface area contributed by atoms with Gasteiger partial charge in [-0.15, -0.1) is 10.2 Å². The Hall–Kier alpha value is -2.25. The smallest absolute Gasteiger partial charge is 0.236 e. The number of fused-ring (bicyclic) bond motifs is 1. The van der Waals surface area contributed by atoms with E-state index in [0.717, 1.165) is 44.1 Å². The Morgan fingerprint density at radius 1 is 1.00 bits per heavy atom. The van der Waals surface area contributed by atoms with Crippen molar-refractivity contribution in [1.82, 2.24) is 24.6 Å². The quantitative estimate of drug-likeness (QED) is 0.803. The summed E-state index contributed by atoms with van der Waals surface area (Å²) in [7, 11) is 0. The van der Waals surface area contributed by atoms with Gasteiger partial charge in [0.2, 0.25) is 5.91 Å². The Balaban J connectivity index is 1.37. The number of aromatic nitrogens is 3. The minimum atomic E-state index is 0.204. The number of nitrogens with zero attached hydrogens (tertiary/aromatic N) is 5. The number of rotatable bonds is 4. The zero-order chi connectivity index (χ0) is 17.8. The van der Waals surface area contributed by atoms with Gasteiger partial charge in [-0.3, -0.25) is 9.69 Å². The van der Waals surface area contributed by atoms with Crippen LogP contribution < -0.4 is 0 Å². The maximum absolute atomic E-state index is 12.5. The molecule has 2 aliphatic rings. The molecule has 0 bridgehead atoms. The summed E-state index contributed by atoms with van der Waals surface area (Å²) in [6.45, 7) is 5.72. The molecule has 0 radical (unpaired) electrons. The van der Waals surface area contributed by atoms with Crippen LogP contribution in [0.5, 0.6) is 0 Å². The number of amides is 1.